The summed E-state index contributed by atoms with van der Waals surface area (Å²) in [5.41, 5.74) is -0.0447. The minimum atomic E-state index is -4.43. The van der Waals surface area contributed by atoms with Crippen LogP contribution in [0.4, 0.5) is 13.2 Å². The van der Waals surface area contributed by atoms with Crippen molar-refractivity contribution in [2.24, 2.45) is 5.92 Å². The van der Waals surface area contributed by atoms with Gasteiger partial charge in [-0.15, -0.1) is 0 Å². The van der Waals surface area contributed by atoms with Crippen LogP contribution in [0, 0.1) is 5.92 Å². The summed E-state index contributed by atoms with van der Waals surface area (Å²) in [5.74, 6) is -0.815. The molecular weight excluding hydrogens is 267 g/mol. The van der Waals surface area contributed by atoms with Crippen LogP contribution in [-0.4, -0.2) is 38.3 Å². The van der Waals surface area contributed by atoms with Gasteiger partial charge in [0.05, 0.1) is 17.9 Å². The topological polar surface area (TPSA) is 46.1 Å². The Bertz CT molecular complexity index is 392. The predicted molar refractivity (Wildman–Crippen MR) is 61.3 cm³/mol. The summed E-state index contributed by atoms with van der Waals surface area (Å²) >= 11 is 0.795. The summed E-state index contributed by atoms with van der Waals surface area (Å²) in [6, 6.07) is -0.527. The molecule has 102 valence electrons. The fraction of sp³-hybridized carbons (Fsp3) is 0.700. The van der Waals surface area contributed by atoms with E-state index in [0.29, 0.717) is 0 Å². The SMILES string of the molecule is CC(C)[C@H](C)N(CC(F)(F)F)C(=O)c1cnsn1. The molecule has 18 heavy (non-hydrogen) atoms. The summed E-state index contributed by atoms with van der Waals surface area (Å²) in [5, 5.41) is 0. The first-order valence-corrected chi connectivity index (χ1v) is 6.10. The van der Waals surface area contributed by atoms with Gasteiger partial charge in [0.25, 0.3) is 5.91 Å². The molecule has 0 bridgehead atoms. The minimum absolute atomic E-state index is 0.0447. The Morgan fingerprint density at radius 1 is 1.44 bits per heavy atom. The van der Waals surface area contributed by atoms with Crippen molar-refractivity contribution in [2.75, 3.05) is 6.54 Å². The summed E-state index contributed by atoms with van der Waals surface area (Å²) in [6.45, 7) is 3.85. The van der Waals surface area contributed by atoms with Gasteiger partial charge in [0.15, 0.2) is 5.69 Å². The van der Waals surface area contributed by atoms with E-state index < -0.39 is 24.7 Å². The van der Waals surface area contributed by atoms with Crippen molar-refractivity contribution < 1.29 is 18.0 Å². The van der Waals surface area contributed by atoms with E-state index in [4.69, 9.17) is 0 Å². The monoisotopic (exact) mass is 281 g/mol. The van der Waals surface area contributed by atoms with E-state index in [1.807, 2.05) is 0 Å². The van der Waals surface area contributed by atoms with Crippen LogP contribution in [0.3, 0.4) is 0 Å². The molecule has 1 heterocycles. The van der Waals surface area contributed by atoms with E-state index in [2.05, 4.69) is 8.75 Å². The fourth-order valence-electron chi connectivity index (χ4n) is 1.36. The first-order chi connectivity index (χ1) is 8.22. The number of alkyl halides is 3. The molecule has 4 nitrogen and oxygen atoms in total. The molecule has 0 saturated heterocycles. The maximum Gasteiger partial charge on any atom is 0.406 e. The van der Waals surface area contributed by atoms with Crippen molar-refractivity contribution in [2.45, 2.75) is 33.0 Å². The van der Waals surface area contributed by atoms with Gasteiger partial charge in [0.1, 0.15) is 6.54 Å². The Hall–Kier alpha value is -1.18. The number of aromatic nitrogens is 2. The Labute approximate surface area is 107 Å². The zero-order chi connectivity index (χ0) is 13.9. The molecule has 0 aromatic carbocycles. The van der Waals surface area contributed by atoms with Crippen LogP contribution in [-0.2, 0) is 0 Å². The minimum Gasteiger partial charge on any atom is -0.325 e. The van der Waals surface area contributed by atoms with Crippen molar-refractivity contribution >= 4 is 17.6 Å². The van der Waals surface area contributed by atoms with E-state index in [0.717, 1.165) is 16.6 Å². The third kappa shape index (κ3) is 3.94. The van der Waals surface area contributed by atoms with Crippen molar-refractivity contribution in [1.82, 2.24) is 13.6 Å². The molecule has 0 aliphatic heterocycles. The normalized spacial score (nSPS) is 13.7. The molecule has 1 rings (SSSR count). The van der Waals surface area contributed by atoms with Gasteiger partial charge in [-0.1, -0.05) is 13.8 Å². The van der Waals surface area contributed by atoms with Crippen molar-refractivity contribution in [1.29, 1.82) is 0 Å². The maximum atomic E-state index is 12.5. The molecule has 0 aliphatic carbocycles. The smallest absolute Gasteiger partial charge is 0.325 e. The molecule has 0 N–H and O–H groups in total. The summed E-state index contributed by atoms with van der Waals surface area (Å²) in [4.78, 5) is 12.8. The van der Waals surface area contributed by atoms with Crippen molar-refractivity contribution in [3.05, 3.63) is 11.9 Å². The standard InChI is InChI=1S/C10H14F3N3OS/c1-6(2)7(3)16(5-10(11,12)13)9(17)8-4-14-18-15-8/h4,6-7H,5H2,1-3H3/t7-/m0/s1. The van der Waals surface area contributed by atoms with Crippen LogP contribution in [0.15, 0.2) is 6.20 Å². The number of carbonyl (C=O) groups is 1. The Balaban J connectivity index is 2.94. The highest BCUT2D eigenvalue weighted by Gasteiger charge is 2.36. The van der Waals surface area contributed by atoms with Gasteiger partial charge in [0, 0.05) is 6.04 Å². The molecule has 0 radical (unpaired) electrons. The van der Waals surface area contributed by atoms with Crippen LogP contribution in [0.1, 0.15) is 31.3 Å². The van der Waals surface area contributed by atoms with Gasteiger partial charge in [-0.25, -0.2) is 0 Å². The Kier molecular flexibility index (Phi) is 4.66. The summed E-state index contributed by atoms with van der Waals surface area (Å²) < 4.78 is 44.8. The average molecular weight is 281 g/mol. The molecule has 0 fully saturated rings. The lowest BCUT2D eigenvalue weighted by molar-refractivity contribution is -0.145. The molecule has 0 saturated carbocycles. The highest BCUT2D eigenvalue weighted by molar-refractivity contribution is 6.99. The number of halogens is 3. The number of hydrogen-bond acceptors (Lipinski definition) is 4. The van der Waals surface area contributed by atoms with Crippen LogP contribution >= 0.6 is 11.7 Å². The summed E-state index contributed by atoms with van der Waals surface area (Å²) in [6.07, 6.45) is -3.24. The highest BCUT2D eigenvalue weighted by Crippen LogP contribution is 2.22. The van der Waals surface area contributed by atoms with Gasteiger partial charge in [-0.3, -0.25) is 4.79 Å². The highest BCUT2D eigenvalue weighted by atomic mass is 32.1. The second kappa shape index (κ2) is 5.64. The second-order valence-electron chi connectivity index (χ2n) is 4.33. The predicted octanol–water partition coefficient (Wildman–Crippen LogP) is 2.59. The van der Waals surface area contributed by atoms with Crippen LogP contribution in [0.5, 0.6) is 0 Å². The van der Waals surface area contributed by atoms with Crippen molar-refractivity contribution in [3.63, 3.8) is 0 Å². The zero-order valence-electron chi connectivity index (χ0n) is 10.2. The van der Waals surface area contributed by atoms with E-state index in [1.54, 1.807) is 20.8 Å². The third-order valence-electron chi connectivity index (χ3n) is 2.65. The quantitative estimate of drug-likeness (QED) is 0.852. The molecule has 1 aromatic heterocycles. The van der Waals surface area contributed by atoms with Crippen LogP contribution in [0.2, 0.25) is 0 Å². The number of nitrogens with zero attached hydrogens (tertiary/aromatic N) is 3. The Morgan fingerprint density at radius 3 is 2.44 bits per heavy atom. The number of amides is 1. The molecular formula is C10H14F3N3OS. The van der Waals surface area contributed by atoms with E-state index in [9.17, 15) is 18.0 Å². The van der Waals surface area contributed by atoms with Gasteiger partial charge < -0.3 is 4.90 Å². The maximum absolute atomic E-state index is 12.5. The van der Waals surface area contributed by atoms with E-state index in [-0.39, 0.29) is 11.6 Å². The number of rotatable bonds is 4. The largest absolute Gasteiger partial charge is 0.406 e. The fourth-order valence-corrected chi connectivity index (χ4v) is 1.77. The molecule has 0 spiro atoms. The molecule has 0 aliphatic rings. The lowest BCUT2D eigenvalue weighted by Crippen LogP contribution is -2.46. The summed E-state index contributed by atoms with van der Waals surface area (Å²) in [7, 11) is 0. The van der Waals surface area contributed by atoms with Gasteiger partial charge in [-0.2, -0.15) is 21.9 Å². The molecule has 1 amide bonds. The van der Waals surface area contributed by atoms with Gasteiger partial charge >= 0.3 is 6.18 Å². The lowest BCUT2D eigenvalue weighted by atomic mass is 10.0. The average Bonchev–Trinajstić information content (AvgIpc) is 2.75. The Morgan fingerprint density at radius 2 is 2.06 bits per heavy atom. The molecule has 8 heteroatoms. The van der Waals surface area contributed by atoms with Crippen LogP contribution < -0.4 is 0 Å². The second-order valence-corrected chi connectivity index (χ2v) is 4.88. The van der Waals surface area contributed by atoms with Crippen LogP contribution in [0.25, 0.3) is 0 Å². The third-order valence-corrected chi connectivity index (χ3v) is 3.13. The van der Waals surface area contributed by atoms with E-state index in [1.165, 1.54) is 6.20 Å². The first-order valence-electron chi connectivity index (χ1n) is 5.37. The lowest BCUT2D eigenvalue weighted by Gasteiger charge is -2.31. The number of hydrogen-bond donors (Lipinski definition) is 0. The zero-order valence-corrected chi connectivity index (χ0v) is 11.0. The van der Waals surface area contributed by atoms with Gasteiger partial charge in [-0.05, 0) is 12.8 Å². The number of carbonyl (C=O) groups excluding carboxylic acids is 1. The van der Waals surface area contributed by atoms with Gasteiger partial charge in [0.2, 0.25) is 0 Å². The molecule has 1 aromatic rings. The molecule has 1 atom stereocenters. The van der Waals surface area contributed by atoms with E-state index >= 15 is 0 Å². The molecule has 0 unspecified atom stereocenters. The van der Waals surface area contributed by atoms with Crippen molar-refractivity contribution in [3.8, 4) is 0 Å². The first kappa shape index (κ1) is 14.9.